The second kappa shape index (κ2) is 9.75. The first kappa shape index (κ1) is 21.7. The lowest BCUT2D eigenvalue weighted by molar-refractivity contribution is -0.127. The average Bonchev–Trinajstić information content (AvgIpc) is 3.53. The Morgan fingerprint density at radius 3 is 2.68 bits per heavy atom. The van der Waals surface area contributed by atoms with Gasteiger partial charge in [-0.25, -0.2) is 0 Å². The van der Waals surface area contributed by atoms with Crippen LogP contribution in [0.15, 0.2) is 53.7 Å². The van der Waals surface area contributed by atoms with Gasteiger partial charge in [-0.3, -0.25) is 9.36 Å². The maximum atomic E-state index is 12.7. The minimum Gasteiger partial charge on any atom is -0.484 e. The lowest BCUT2D eigenvalue weighted by Crippen LogP contribution is -2.28. The molecule has 1 heterocycles. The zero-order valence-corrected chi connectivity index (χ0v) is 19.2. The topological polar surface area (TPSA) is 60.3 Å². The number of aromatic nitrogens is 3. The molecule has 1 aromatic heterocycles. The molecule has 0 N–H and O–H groups in total. The molecule has 0 aliphatic heterocycles. The molecule has 0 bridgehead atoms. The van der Waals surface area contributed by atoms with Crippen LogP contribution in [-0.4, -0.2) is 38.4 Å². The number of carbonyl (C=O) groups is 1. The fourth-order valence-electron chi connectivity index (χ4n) is 3.28. The van der Waals surface area contributed by atoms with E-state index >= 15 is 0 Å². The highest BCUT2D eigenvalue weighted by Crippen LogP contribution is 2.39. The molecule has 4 rings (SSSR count). The minimum absolute atomic E-state index is 0.0625. The molecule has 0 atom stereocenters. The van der Waals surface area contributed by atoms with Crippen LogP contribution in [0.1, 0.15) is 35.8 Å². The summed E-state index contributed by atoms with van der Waals surface area (Å²) < 4.78 is 7.96. The standard InChI is InChI=1S/C23H25ClN4O2S/c1-16-7-3-4-8-17(16)13-27(2)22(29)15-31-23-26-25-21(28(23)18-11-12-18)14-30-20-10-6-5-9-19(20)24/h3-10,18H,11-15H2,1-2H3. The van der Waals surface area contributed by atoms with Gasteiger partial charge < -0.3 is 9.64 Å². The lowest BCUT2D eigenvalue weighted by atomic mass is 10.1. The Hall–Kier alpha value is -2.51. The summed E-state index contributed by atoms with van der Waals surface area (Å²) in [7, 11) is 1.84. The first-order chi connectivity index (χ1) is 15.0. The first-order valence-corrected chi connectivity index (χ1v) is 11.6. The van der Waals surface area contributed by atoms with Gasteiger partial charge in [0.15, 0.2) is 11.0 Å². The molecule has 0 saturated heterocycles. The number of nitrogens with zero attached hydrogens (tertiary/aromatic N) is 4. The Morgan fingerprint density at radius 1 is 1.19 bits per heavy atom. The van der Waals surface area contributed by atoms with Crippen LogP contribution in [0.4, 0.5) is 0 Å². The highest BCUT2D eigenvalue weighted by Gasteiger charge is 2.30. The first-order valence-electron chi connectivity index (χ1n) is 10.3. The highest BCUT2D eigenvalue weighted by atomic mass is 35.5. The summed E-state index contributed by atoms with van der Waals surface area (Å²) >= 11 is 7.61. The summed E-state index contributed by atoms with van der Waals surface area (Å²) in [5.74, 6) is 1.76. The number of aryl methyl sites for hydroxylation is 1. The molecule has 0 unspecified atom stereocenters. The van der Waals surface area contributed by atoms with Crippen molar-refractivity contribution >= 4 is 29.3 Å². The van der Waals surface area contributed by atoms with Crippen molar-refractivity contribution in [3.63, 3.8) is 0 Å². The molecule has 2 aromatic carbocycles. The third-order valence-electron chi connectivity index (χ3n) is 5.26. The number of ether oxygens (including phenoxy) is 1. The molecule has 1 saturated carbocycles. The summed E-state index contributed by atoms with van der Waals surface area (Å²) in [6, 6.07) is 15.9. The van der Waals surface area contributed by atoms with Crippen LogP contribution in [0, 0.1) is 6.92 Å². The van der Waals surface area contributed by atoms with Gasteiger partial charge in [-0.2, -0.15) is 0 Å². The summed E-state index contributed by atoms with van der Waals surface area (Å²) in [4.78, 5) is 14.5. The lowest BCUT2D eigenvalue weighted by Gasteiger charge is -2.18. The predicted octanol–water partition coefficient (Wildman–Crippen LogP) is 4.90. The molecule has 1 aliphatic carbocycles. The van der Waals surface area contributed by atoms with Crippen LogP contribution in [0.3, 0.4) is 0 Å². The van der Waals surface area contributed by atoms with Crippen LogP contribution in [0.5, 0.6) is 5.75 Å². The molecular weight excluding hydrogens is 432 g/mol. The molecule has 3 aromatic rings. The van der Waals surface area contributed by atoms with E-state index in [2.05, 4.69) is 33.8 Å². The number of carbonyl (C=O) groups excluding carboxylic acids is 1. The second-order valence-electron chi connectivity index (χ2n) is 7.68. The van der Waals surface area contributed by atoms with E-state index in [9.17, 15) is 4.79 Å². The van der Waals surface area contributed by atoms with Gasteiger partial charge in [0.05, 0.1) is 10.8 Å². The second-order valence-corrected chi connectivity index (χ2v) is 9.03. The van der Waals surface area contributed by atoms with Crippen molar-refractivity contribution in [2.75, 3.05) is 12.8 Å². The third-order valence-corrected chi connectivity index (χ3v) is 6.50. The van der Waals surface area contributed by atoms with Crippen molar-refractivity contribution in [3.8, 4) is 5.75 Å². The van der Waals surface area contributed by atoms with E-state index in [-0.39, 0.29) is 12.5 Å². The van der Waals surface area contributed by atoms with Gasteiger partial charge in [0.1, 0.15) is 12.4 Å². The Labute approximate surface area is 191 Å². The Kier molecular flexibility index (Phi) is 6.83. The smallest absolute Gasteiger partial charge is 0.233 e. The van der Waals surface area contributed by atoms with Gasteiger partial charge in [0.2, 0.25) is 5.91 Å². The van der Waals surface area contributed by atoms with Crippen molar-refractivity contribution in [2.24, 2.45) is 0 Å². The van der Waals surface area contributed by atoms with E-state index in [1.165, 1.54) is 17.3 Å². The van der Waals surface area contributed by atoms with Crippen molar-refractivity contribution in [3.05, 3.63) is 70.5 Å². The number of benzene rings is 2. The molecule has 1 aliphatic rings. The number of hydrogen-bond acceptors (Lipinski definition) is 5. The van der Waals surface area contributed by atoms with E-state index in [1.807, 2.05) is 37.4 Å². The van der Waals surface area contributed by atoms with Crippen molar-refractivity contribution in [1.82, 2.24) is 19.7 Å². The van der Waals surface area contributed by atoms with Crippen LogP contribution in [-0.2, 0) is 17.9 Å². The van der Waals surface area contributed by atoms with Gasteiger partial charge >= 0.3 is 0 Å². The van der Waals surface area contributed by atoms with Crippen molar-refractivity contribution in [2.45, 2.75) is 44.1 Å². The van der Waals surface area contributed by atoms with Crippen LogP contribution >= 0.6 is 23.4 Å². The number of amides is 1. The van der Waals surface area contributed by atoms with E-state index in [0.717, 1.165) is 29.4 Å². The van der Waals surface area contributed by atoms with E-state index in [1.54, 1.807) is 11.0 Å². The molecule has 6 nitrogen and oxygen atoms in total. The zero-order chi connectivity index (χ0) is 21.8. The number of hydrogen-bond donors (Lipinski definition) is 0. The Bertz CT molecular complexity index is 1070. The molecule has 0 spiro atoms. The summed E-state index contributed by atoms with van der Waals surface area (Å²) in [6.45, 7) is 2.94. The Balaban J connectivity index is 1.38. The van der Waals surface area contributed by atoms with Crippen LogP contribution < -0.4 is 4.74 Å². The van der Waals surface area contributed by atoms with E-state index in [0.29, 0.717) is 29.1 Å². The number of rotatable bonds is 9. The zero-order valence-electron chi connectivity index (χ0n) is 17.6. The van der Waals surface area contributed by atoms with Gasteiger partial charge in [-0.05, 0) is 43.0 Å². The fraction of sp³-hybridized carbons (Fsp3) is 0.348. The summed E-state index contributed by atoms with van der Waals surface area (Å²) in [6.07, 6.45) is 2.18. The normalized spacial score (nSPS) is 13.3. The van der Waals surface area contributed by atoms with Crippen molar-refractivity contribution < 1.29 is 9.53 Å². The third kappa shape index (κ3) is 5.40. The molecule has 162 valence electrons. The molecule has 8 heteroatoms. The van der Waals surface area contributed by atoms with Crippen LogP contribution in [0.2, 0.25) is 5.02 Å². The van der Waals surface area contributed by atoms with Gasteiger partial charge in [-0.15, -0.1) is 10.2 Å². The molecular formula is C23H25ClN4O2S. The summed E-state index contributed by atoms with van der Waals surface area (Å²) in [5, 5.41) is 9.99. The molecule has 1 amide bonds. The number of para-hydroxylation sites is 1. The largest absolute Gasteiger partial charge is 0.484 e. The van der Waals surface area contributed by atoms with E-state index < -0.39 is 0 Å². The summed E-state index contributed by atoms with van der Waals surface area (Å²) in [5.41, 5.74) is 2.34. The highest BCUT2D eigenvalue weighted by molar-refractivity contribution is 7.99. The molecule has 0 radical (unpaired) electrons. The average molecular weight is 457 g/mol. The van der Waals surface area contributed by atoms with Gasteiger partial charge in [0.25, 0.3) is 0 Å². The van der Waals surface area contributed by atoms with Crippen LogP contribution in [0.25, 0.3) is 0 Å². The maximum absolute atomic E-state index is 12.7. The SMILES string of the molecule is Cc1ccccc1CN(C)C(=O)CSc1nnc(COc2ccccc2Cl)n1C1CC1. The monoisotopic (exact) mass is 456 g/mol. The fourth-order valence-corrected chi connectivity index (χ4v) is 4.43. The van der Waals surface area contributed by atoms with Gasteiger partial charge in [0, 0.05) is 19.6 Å². The predicted molar refractivity (Wildman–Crippen MR) is 122 cm³/mol. The Morgan fingerprint density at radius 2 is 1.94 bits per heavy atom. The molecule has 1 fully saturated rings. The quantitative estimate of drug-likeness (QED) is 0.428. The van der Waals surface area contributed by atoms with E-state index in [4.69, 9.17) is 16.3 Å². The van der Waals surface area contributed by atoms with Gasteiger partial charge in [-0.1, -0.05) is 59.8 Å². The maximum Gasteiger partial charge on any atom is 0.233 e. The number of thioether (sulfide) groups is 1. The number of halogens is 1. The van der Waals surface area contributed by atoms with Crippen molar-refractivity contribution in [1.29, 1.82) is 0 Å². The minimum atomic E-state index is 0.0625. The molecule has 31 heavy (non-hydrogen) atoms.